The summed E-state index contributed by atoms with van der Waals surface area (Å²) in [5.74, 6) is 0. The van der Waals surface area contributed by atoms with Gasteiger partial charge in [0.25, 0.3) is 0 Å². The molecule has 26 heavy (non-hydrogen) atoms. The average Bonchev–Trinajstić information content (AvgIpc) is 2.66. The predicted octanol–water partition coefficient (Wildman–Crippen LogP) is 5.85. The van der Waals surface area contributed by atoms with Crippen LogP contribution in [0.1, 0.15) is 77.6 Å². The minimum atomic E-state index is -0.506. The van der Waals surface area contributed by atoms with Gasteiger partial charge in [-0.05, 0) is 63.9 Å². The van der Waals surface area contributed by atoms with Crippen molar-refractivity contribution in [2.45, 2.75) is 83.7 Å². The van der Waals surface area contributed by atoms with E-state index in [1.807, 2.05) is 6.08 Å². The maximum atomic E-state index is 8.84. The Morgan fingerprint density at radius 3 is 1.73 bits per heavy atom. The van der Waals surface area contributed by atoms with E-state index in [2.05, 4.69) is 43.4 Å². The Kier molecular flexibility index (Phi) is 20.6. The monoisotopic (exact) mass is 364 g/mol. The lowest BCUT2D eigenvalue weighted by Crippen LogP contribution is -2.19. The lowest BCUT2D eigenvalue weighted by molar-refractivity contribution is 0.0320. The highest BCUT2D eigenvalue weighted by Crippen LogP contribution is 2.05. The van der Waals surface area contributed by atoms with Crippen molar-refractivity contribution in [1.29, 1.82) is 0 Å². The summed E-state index contributed by atoms with van der Waals surface area (Å²) in [4.78, 5) is 0. The van der Waals surface area contributed by atoms with Crippen molar-refractivity contribution in [3.63, 3.8) is 0 Å². The highest BCUT2D eigenvalue weighted by molar-refractivity contribution is 4.94. The van der Waals surface area contributed by atoms with Gasteiger partial charge in [-0.25, -0.2) is 0 Å². The van der Waals surface area contributed by atoms with Gasteiger partial charge in [0.15, 0.2) is 0 Å². The van der Waals surface area contributed by atoms with Crippen molar-refractivity contribution in [3.05, 3.63) is 48.8 Å². The van der Waals surface area contributed by atoms with Gasteiger partial charge < -0.3 is 14.9 Å². The Labute approximate surface area is 161 Å². The quantitative estimate of drug-likeness (QED) is 0.182. The van der Waals surface area contributed by atoms with E-state index in [0.717, 1.165) is 19.3 Å². The minimum absolute atomic E-state index is 0.164. The third-order valence-electron chi connectivity index (χ3n) is 4.01. The van der Waals surface area contributed by atoms with Crippen molar-refractivity contribution < 1.29 is 14.9 Å². The summed E-state index contributed by atoms with van der Waals surface area (Å²) < 4.78 is 5.15. The van der Waals surface area contributed by atoms with Crippen LogP contribution in [-0.2, 0) is 4.74 Å². The first-order valence-corrected chi connectivity index (χ1v) is 10.3. The van der Waals surface area contributed by atoms with Crippen LogP contribution in [0, 0.1) is 0 Å². The van der Waals surface area contributed by atoms with E-state index >= 15 is 0 Å². The number of aliphatic hydroxyl groups is 2. The summed E-state index contributed by atoms with van der Waals surface area (Å²) in [5, 5.41) is 17.7. The van der Waals surface area contributed by atoms with Crippen LogP contribution in [0.4, 0.5) is 0 Å². The third kappa shape index (κ3) is 19.0. The van der Waals surface area contributed by atoms with Gasteiger partial charge in [-0.15, -0.1) is 0 Å². The van der Waals surface area contributed by atoms with Crippen LogP contribution < -0.4 is 0 Å². The van der Waals surface area contributed by atoms with Gasteiger partial charge in [-0.3, -0.25) is 0 Å². The lowest BCUT2D eigenvalue weighted by Gasteiger charge is -2.09. The van der Waals surface area contributed by atoms with Crippen LogP contribution in [0.3, 0.4) is 0 Å². The molecule has 2 N–H and O–H groups in total. The molecule has 0 heterocycles. The fourth-order valence-corrected chi connectivity index (χ4v) is 2.35. The first kappa shape index (κ1) is 24.7. The number of rotatable bonds is 18. The zero-order valence-electron chi connectivity index (χ0n) is 16.7. The standard InChI is InChI=1S/C23H40O3/c1-2-3-4-5-6-7-8-9-10-11-12-13-14-15-16-17-18-19-20-26-23(21-24)22-25/h6-7,12-13,15-16,19-20,23-25H,2-5,8-11,14,17-18,21-22H2,1H3. The second-order valence-electron chi connectivity index (χ2n) is 6.50. The Bertz CT molecular complexity index is 379. The molecule has 0 aromatic rings. The van der Waals surface area contributed by atoms with E-state index < -0.39 is 6.10 Å². The normalized spacial score (nSPS) is 12.6. The van der Waals surface area contributed by atoms with Gasteiger partial charge in [0.05, 0.1) is 19.5 Å². The SMILES string of the molecule is CCCCCC=CCCCCC=CCC=CCCC=COC(CO)CO. The highest BCUT2D eigenvalue weighted by atomic mass is 16.5. The molecule has 0 saturated heterocycles. The van der Waals surface area contributed by atoms with Gasteiger partial charge in [0.2, 0.25) is 0 Å². The average molecular weight is 365 g/mol. The van der Waals surface area contributed by atoms with Crippen LogP contribution in [0.15, 0.2) is 48.8 Å². The van der Waals surface area contributed by atoms with Crippen molar-refractivity contribution in [2.24, 2.45) is 0 Å². The molecule has 0 bridgehead atoms. The Morgan fingerprint density at radius 2 is 1.15 bits per heavy atom. The second kappa shape index (κ2) is 21.7. The van der Waals surface area contributed by atoms with E-state index in [4.69, 9.17) is 14.9 Å². The largest absolute Gasteiger partial charge is 0.494 e. The van der Waals surface area contributed by atoms with E-state index in [1.165, 1.54) is 51.4 Å². The topological polar surface area (TPSA) is 49.7 Å². The van der Waals surface area contributed by atoms with Crippen LogP contribution in [0.5, 0.6) is 0 Å². The maximum absolute atomic E-state index is 8.84. The summed E-state index contributed by atoms with van der Waals surface area (Å²) in [6.07, 6.45) is 29.6. The molecule has 0 aliphatic rings. The first-order valence-electron chi connectivity index (χ1n) is 10.3. The predicted molar refractivity (Wildman–Crippen MR) is 112 cm³/mol. The van der Waals surface area contributed by atoms with Gasteiger partial charge in [-0.1, -0.05) is 56.2 Å². The fraction of sp³-hybridized carbons (Fsp3) is 0.652. The van der Waals surface area contributed by atoms with E-state index in [9.17, 15) is 0 Å². The van der Waals surface area contributed by atoms with Crippen molar-refractivity contribution in [1.82, 2.24) is 0 Å². The molecule has 150 valence electrons. The van der Waals surface area contributed by atoms with Crippen molar-refractivity contribution >= 4 is 0 Å². The molecule has 3 nitrogen and oxygen atoms in total. The third-order valence-corrected chi connectivity index (χ3v) is 4.01. The molecule has 0 fully saturated rings. The molecule has 0 aliphatic heterocycles. The smallest absolute Gasteiger partial charge is 0.144 e. The lowest BCUT2D eigenvalue weighted by atomic mass is 10.1. The van der Waals surface area contributed by atoms with E-state index in [0.29, 0.717) is 0 Å². The molecule has 0 radical (unpaired) electrons. The maximum Gasteiger partial charge on any atom is 0.144 e. The Morgan fingerprint density at radius 1 is 0.654 bits per heavy atom. The Hall–Kier alpha value is -1.32. The molecule has 0 atom stereocenters. The van der Waals surface area contributed by atoms with Gasteiger partial charge in [-0.2, -0.15) is 0 Å². The number of hydrogen-bond donors (Lipinski definition) is 2. The van der Waals surface area contributed by atoms with Crippen LogP contribution in [-0.4, -0.2) is 29.5 Å². The molecule has 0 rings (SSSR count). The molecule has 3 heteroatoms. The van der Waals surface area contributed by atoms with Crippen LogP contribution >= 0.6 is 0 Å². The molecule has 0 aromatic heterocycles. The summed E-state index contributed by atoms with van der Waals surface area (Å²) in [5.41, 5.74) is 0. The zero-order valence-corrected chi connectivity index (χ0v) is 16.7. The second-order valence-corrected chi connectivity index (χ2v) is 6.50. The van der Waals surface area contributed by atoms with E-state index in [-0.39, 0.29) is 13.2 Å². The molecule has 0 amide bonds. The van der Waals surface area contributed by atoms with Crippen molar-refractivity contribution in [2.75, 3.05) is 13.2 Å². The van der Waals surface area contributed by atoms with Gasteiger partial charge in [0, 0.05) is 0 Å². The first-order chi connectivity index (χ1) is 12.8. The van der Waals surface area contributed by atoms with Crippen LogP contribution in [0.2, 0.25) is 0 Å². The number of unbranched alkanes of at least 4 members (excludes halogenated alkanes) is 7. The number of aliphatic hydroxyl groups excluding tert-OH is 2. The number of ether oxygens (including phenoxy) is 1. The summed E-state index contributed by atoms with van der Waals surface area (Å²) in [6, 6.07) is 0. The van der Waals surface area contributed by atoms with E-state index in [1.54, 1.807) is 6.26 Å². The molecule has 0 spiro atoms. The summed E-state index contributed by atoms with van der Waals surface area (Å²) in [6.45, 7) is 1.92. The molecular formula is C23H40O3. The number of hydrogen-bond acceptors (Lipinski definition) is 3. The highest BCUT2D eigenvalue weighted by Gasteiger charge is 2.01. The van der Waals surface area contributed by atoms with Gasteiger partial charge in [0.1, 0.15) is 6.10 Å². The number of allylic oxidation sites excluding steroid dienone is 7. The minimum Gasteiger partial charge on any atom is -0.494 e. The van der Waals surface area contributed by atoms with Gasteiger partial charge >= 0.3 is 0 Å². The molecule has 0 aromatic carbocycles. The molecule has 0 unspecified atom stereocenters. The van der Waals surface area contributed by atoms with Crippen molar-refractivity contribution in [3.8, 4) is 0 Å². The molecule has 0 aliphatic carbocycles. The Balaban J connectivity index is 3.39. The molecule has 0 saturated carbocycles. The van der Waals surface area contributed by atoms with Crippen LogP contribution in [0.25, 0.3) is 0 Å². The zero-order chi connectivity index (χ0) is 19.1. The summed E-state index contributed by atoms with van der Waals surface area (Å²) >= 11 is 0. The summed E-state index contributed by atoms with van der Waals surface area (Å²) in [7, 11) is 0. The fourth-order valence-electron chi connectivity index (χ4n) is 2.35. The molecular weight excluding hydrogens is 324 g/mol.